The van der Waals surface area contributed by atoms with E-state index in [1.54, 1.807) is 53.3 Å². The van der Waals surface area contributed by atoms with Crippen molar-refractivity contribution in [3.63, 3.8) is 0 Å². The Hall–Kier alpha value is -4.46. The summed E-state index contributed by atoms with van der Waals surface area (Å²) < 4.78 is 5.20. The fraction of sp³-hybridized carbons (Fsp3) is 0.214. The van der Waals surface area contributed by atoms with Crippen LogP contribution in [0.2, 0.25) is 0 Å². The SMILES string of the molecule is COc1cccc(C(=O)N2CCN(C(=O)c3ccc4c(c3)C(=O)N(Cc3ccccc3)C4=O)CC2)c1. The molecule has 0 aliphatic carbocycles. The molecule has 0 atom stereocenters. The van der Waals surface area contributed by atoms with Gasteiger partial charge in [-0.2, -0.15) is 0 Å². The second-order valence-corrected chi connectivity index (χ2v) is 8.76. The number of nitrogens with zero attached hydrogens (tertiary/aromatic N) is 3. The van der Waals surface area contributed by atoms with Gasteiger partial charge >= 0.3 is 0 Å². The molecule has 2 aliphatic rings. The molecule has 0 saturated carbocycles. The third-order valence-electron chi connectivity index (χ3n) is 6.57. The summed E-state index contributed by atoms with van der Waals surface area (Å²) in [6.07, 6.45) is 0. The maximum absolute atomic E-state index is 13.2. The third kappa shape index (κ3) is 4.33. The van der Waals surface area contributed by atoms with E-state index in [-0.39, 0.29) is 29.8 Å². The highest BCUT2D eigenvalue weighted by atomic mass is 16.5. The lowest BCUT2D eigenvalue weighted by Crippen LogP contribution is -2.50. The summed E-state index contributed by atoms with van der Waals surface area (Å²) in [5.74, 6) is -0.486. The van der Waals surface area contributed by atoms with Gasteiger partial charge in [0.15, 0.2) is 0 Å². The van der Waals surface area contributed by atoms with E-state index < -0.39 is 5.91 Å². The van der Waals surface area contributed by atoms with Crippen molar-refractivity contribution in [1.29, 1.82) is 0 Å². The van der Waals surface area contributed by atoms with Crippen LogP contribution in [-0.4, -0.2) is 71.6 Å². The Bertz CT molecular complexity index is 1350. The van der Waals surface area contributed by atoms with Crippen molar-refractivity contribution in [2.45, 2.75) is 6.54 Å². The molecule has 4 amide bonds. The van der Waals surface area contributed by atoms with Gasteiger partial charge in [0, 0.05) is 37.3 Å². The van der Waals surface area contributed by atoms with Gasteiger partial charge in [-0.1, -0.05) is 36.4 Å². The Morgan fingerprint density at radius 2 is 1.33 bits per heavy atom. The molecule has 0 N–H and O–H groups in total. The van der Waals surface area contributed by atoms with Crippen LogP contribution in [0.4, 0.5) is 0 Å². The molecular formula is C28H25N3O5. The third-order valence-corrected chi connectivity index (χ3v) is 6.57. The standard InChI is InChI=1S/C28H25N3O5/c1-36-22-9-5-8-20(16-22)25(32)29-12-14-30(15-13-29)26(33)21-10-11-23-24(17-21)28(35)31(27(23)34)18-19-6-3-2-4-7-19/h2-11,16-17H,12-15,18H2,1H3. The van der Waals surface area contributed by atoms with Gasteiger partial charge in [-0.25, -0.2) is 0 Å². The van der Waals surface area contributed by atoms with Crippen molar-refractivity contribution in [1.82, 2.24) is 14.7 Å². The van der Waals surface area contributed by atoms with Crippen molar-refractivity contribution >= 4 is 23.6 Å². The Kier molecular flexibility index (Phi) is 6.25. The van der Waals surface area contributed by atoms with Crippen LogP contribution in [0.1, 0.15) is 47.0 Å². The summed E-state index contributed by atoms with van der Waals surface area (Å²) in [5.41, 5.74) is 2.29. The summed E-state index contributed by atoms with van der Waals surface area (Å²) in [5, 5.41) is 0. The molecule has 182 valence electrons. The molecular weight excluding hydrogens is 458 g/mol. The second kappa shape index (κ2) is 9.65. The van der Waals surface area contributed by atoms with Crippen LogP contribution in [-0.2, 0) is 6.54 Å². The summed E-state index contributed by atoms with van der Waals surface area (Å²) in [7, 11) is 1.55. The highest BCUT2D eigenvalue weighted by Crippen LogP contribution is 2.26. The first-order valence-corrected chi connectivity index (χ1v) is 11.7. The van der Waals surface area contributed by atoms with Crippen LogP contribution >= 0.6 is 0 Å². The summed E-state index contributed by atoms with van der Waals surface area (Å²) in [4.78, 5) is 56.4. The van der Waals surface area contributed by atoms with Crippen molar-refractivity contribution in [3.05, 3.63) is 101 Å². The van der Waals surface area contributed by atoms with Gasteiger partial charge in [0.25, 0.3) is 23.6 Å². The lowest BCUT2D eigenvalue weighted by molar-refractivity contribution is 0.0535. The molecule has 2 aliphatic heterocycles. The Balaban J connectivity index is 1.25. The molecule has 8 nitrogen and oxygen atoms in total. The molecule has 0 unspecified atom stereocenters. The predicted octanol–water partition coefficient (Wildman–Crippen LogP) is 3.09. The lowest BCUT2D eigenvalue weighted by atomic mass is 10.0. The average molecular weight is 484 g/mol. The number of methoxy groups -OCH3 is 1. The topological polar surface area (TPSA) is 87.2 Å². The van der Waals surface area contributed by atoms with Crippen molar-refractivity contribution in [2.75, 3.05) is 33.3 Å². The number of carbonyl (C=O) groups excluding carboxylic acids is 4. The minimum Gasteiger partial charge on any atom is -0.497 e. The van der Waals surface area contributed by atoms with Crippen molar-refractivity contribution in [3.8, 4) is 5.75 Å². The number of hydrogen-bond donors (Lipinski definition) is 0. The molecule has 0 radical (unpaired) electrons. The molecule has 1 fully saturated rings. The molecule has 5 rings (SSSR count). The zero-order valence-corrected chi connectivity index (χ0v) is 19.8. The van der Waals surface area contributed by atoms with Crippen LogP contribution in [0.3, 0.4) is 0 Å². The number of ether oxygens (including phenoxy) is 1. The van der Waals surface area contributed by atoms with E-state index in [2.05, 4.69) is 0 Å². The van der Waals surface area contributed by atoms with Crippen LogP contribution in [0, 0.1) is 0 Å². The zero-order valence-electron chi connectivity index (χ0n) is 19.8. The average Bonchev–Trinajstić information content (AvgIpc) is 3.17. The quantitative estimate of drug-likeness (QED) is 0.521. The van der Waals surface area contributed by atoms with Crippen molar-refractivity contribution in [2.24, 2.45) is 0 Å². The Labute approximate surface area is 208 Å². The van der Waals surface area contributed by atoms with Gasteiger partial charge in [0.1, 0.15) is 5.75 Å². The lowest BCUT2D eigenvalue weighted by Gasteiger charge is -2.35. The number of imide groups is 1. The fourth-order valence-electron chi connectivity index (χ4n) is 4.57. The molecule has 0 spiro atoms. The largest absolute Gasteiger partial charge is 0.497 e. The minimum atomic E-state index is -0.401. The summed E-state index contributed by atoms with van der Waals surface area (Å²) >= 11 is 0. The number of hydrogen-bond acceptors (Lipinski definition) is 5. The maximum Gasteiger partial charge on any atom is 0.261 e. The molecule has 1 saturated heterocycles. The zero-order chi connectivity index (χ0) is 25.2. The van der Waals surface area contributed by atoms with E-state index in [4.69, 9.17) is 4.74 Å². The molecule has 0 aromatic heterocycles. The van der Waals surface area contributed by atoms with Crippen LogP contribution in [0.15, 0.2) is 72.8 Å². The molecule has 36 heavy (non-hydrogen) atoms. The first kappa shape index (κ1) is 23.3. The van der Waals surface area contributed by atoms with Crippen LogP contribution in [0.5, 0.6) is 5.75 Å². The maximum atomic E-state index is 13.2. The molecule has 3 aromatic carbocycles. The van der Waals surface area contributed by atoms with Gasteiger partial charge in [-0.05, 0) is 42.0 Å². The van der Waals surface area contributed by atoms with Gasteiger partial charge in [0.2, 0.25) is 0 Å². The van der Waals surface area contributed by atoms with E-state index in [9.17, 15) is 19.2 Å². The number of rotatable bonds is 5. The molecule has 2 heterocycles. The summed E-state index contributed by atoms with van der Waals surface area (Å²) in [6.45, 7) is 1.72. The number of benzene rings is 3. The van der Waals surface area contributed by atoms with Gasteiger partial charge in [0.05, 0.1) is 24.8 Å². The fourth-order valence-corrected chi connectivity index (χ4v) is 4.57. The summed E-state index contributed by atoms with van der Waals surface area (Å²) in [6, 6.07) is 20.9. The predicted molar refractivity (Wildman–Crippen MR) is 132 cm³/mol. The van der Waals surface area contributed by atoms with Crippen LogP contribution < -0.4 is 4.74 Å². The van der Waals surface area contributed by atoms with Gasteiger partial charge in [-0.15, -0.1) is 0 Å². The van der Waals surface area contributed by atoms with E-state index in [1.807, 2.05) is 30.3 Å². The Morgan fingerprint density at radius 3 is 1.97 bits per heavy atom. The smallest absolute Gasteiger partial charge is 0.261 e. The first-order chi connectivity index (χ1) is 17.5. The second-order valence-electron chi connectivity index (χ2n) is 8.76. The first-order valence-electron chi connectivity index (χ1n) is 11.7. The molecule has 3 aromatic rings. The van der Waals surface area contributed by atoms with Gasteiger partial charge in [-0.3, -0.25) is 24.1 Å². The van der Waals surface area contributed by atoms with Crippen molar-refractivity contribution < 1.29 is 23.9 Å². The number of carbonyl (C=O) groups is 4. The van der Waals surface area contributed by atoms with Crippen LogP contribution in [0.25, 0.3) is 0 Å². The highest BCUT2D eigenvalue weighted by Gasteiger charge is 2.36. The number of fused-ring (bicyclic) bond motifs is 1. The van der Waals surface area contributed by atoms with E-state index in [1.165, 1.54) is 11.0 Å². The molecule has 8 heteroatoms. The van der Waals surface area contributed by atoms with Gasteiger partial charge < -0.3 is 14.5 Å². The van der Waals surface area contributed by atoms with E-state index in [0.717, 1.165) is 5.56 Å². The van der Waals surface area contributed by atoms with E-state index in [0.29, 0.717) is 48.6 Å². The number of amides is 4. The minimum absolute atomic E-state index is 0.110. The normalized spacial score (nSPS) is 15.2. The molecule has 0 bridgehead atoms. The number of piperazine rings is 1. The Morgan fingerprint density at radius 1 is 0.722 bits per heavy atom. The highest BCUT2D eigenvalue weighted by molar-refractivity contribution is 6.22. The monoisotopic (exact) mass is 483 g/mol. The van der Waals surface area contributed by atoms with E-state index >= 15 is 0 Å².